The second-order valence-electron chi connectivity index (χ2n) is 7.66. The third-order valence-corrected chi connectivity index (χ3v) is 5.41. The van der Waals surface area contributed by atoms with Gasteiger partial charge in [-0.3, -0.25) is 4.79 Å². The predicted octanol–water partition coefficient (Wildman–Crippen LogP) is 4.48. The van der Waals surface area contributed by atoms with Gasteiger partial charge in [-0.1, -0.05) is 6.42 Å². The number of fused-ring (bicyclic) bond motifs is 1. The topological polar surface area (TPSA) is 78.3 Å². The monoisotopic (exact) mass is 420 g/mol. The number of methoxy groups -OCH3 is 1. The Morgan fingerprint density at radius 1 is 1.00 bits per heavy atom. The van der Waals surface area contributed by atoms with E-state index in [1.165, 1.54) is 12.8 Å². The zero-order chi connectivity index (χ0) is 21.5. The lowest BCUT2D eigenvalue weighted by Crippen LogP contribution is -2.12. The Balaban J connectivity index is 1.25. The number of aryl methyl sites for hydroxylation is 1. The quantitative estimate of drug-likeness (QED) is 0.544. The number of benzene rings is 2. The Labute approximate surface area is 182 Å². The maximum atomic E-state index is 12.2. The highest BCUT2D eigenvalue weighted by molar-refractivity contribution is 5.90. The molecule has 162 valence electrons. The van der Waals surface area contributed by atoms with E-state index in [1.807, 2.05) is 48.5 Å². The van der Waals surface area contributed by atoms with Crippen molar-refractivity contribution in [1.82, 2.24) is 14.8 Å². The molecule has 0 spiro atoms. The number of nitrogens with zero attached hydrogens (tertiary/aromatic N) is 3. The summed E-state index contributed by atoms with van der Waals surface area (Å²) < 4.78 is 13.0. The van der Waals surface area contributed by atoms with Crippen molar-refractivity contribution in [3.05, 3.63) is 54.4 Å². The minimum absolute atomic E-state index is 0.0255. The van der Waals surface area contributed by atoms with Crippen LogP contribution in [0.4, 0.5) is 5.69 Å². The maximum absolute atomic E-state index is 12.2. The molecule has 3 aromatic rings. The molecule has 1 aliphatic heterocycles. The molecule has 0 fully saturated rings. The van der Waals surface area contributed by atoms with Crippen LogP contribution in [-0.2, 0) is 17.8 Å². The number of anilines is 1. The highest BCUT2D eigenvalue weighted by Crippen LogP contribution is 2.24. The first kappa shape index (κ1) is 20.9. The maximum Gasteiger partial charge on any atom is 0.224 e. The summed E-state index contributed by atoms with van der Waals surface area (Å²) in [5.41, 5.74) is 1.80. The van der Waals surface area contributed by atoms with Gasteiger partial charge in [0.15, 0.2) is 5.82 Å². The van der Waals surface area contributed by atoms with Crippen LogP contribution >= 0.6 is 0 Å². The van der Waals surface area contributed by atoms with Crippen molar-refractivity contribution in [2.75, 3.05) is 19.0 Å². The lowest BCUT2D eigenvalue weighted by Gasteiger charge is -2.09. The van der Waals surface area contributed by atoms with Gasteiger partial charge in [-0.05, 0) is 67.8 Å². The van der Waals surface area contributed by atoms with E-state index in [4.69, 9.17) is 9.47 Å². The molecule has 4 rings (SSSR count). The molecule has 1 aromatic heterocycles. The molecule has 1 aliphatic rings. The van der Waals surface area contributed by atoms with E-state index < -0.39 is 0 Å². The Kier molecular flexibility index (Phi) is 6.82. The van der Waals surface area contributed by atoms with Crippen molar-refractivity contribution in [1.29, 1.82) is 0 Å². The molecule has 7 heteroatoms. The molecule has 7 nitrogen and oxygen atoms in total. The van der Waals surface area contributed by atoms with Crippen molar-refractivity contribution in [2.45, 2.75) is 45.1 Å². The highest BCUT2D eigenvalue weighted by Gasteiger charge is 2.16. The minimum atomic E-state index is -0.0255. The van der Waals surface area contributed by atoms with Crippen LogP contribution in [0.3, 0.4) is 0 Å². The fourth-order valence-electron chi connectivity index (χ4n) is 3.72. The van der Waals surface area contributed by atoms with Crippen LogP contribution < -0.4 is 14.8 Å². The van der Waals surface area contributed by atoms with Gasteiger partial charge in [-0.2, -0.15) is 0 Å². The van der Waals surface area contributed by atoms with Crippen molar-refractivity contribution in [3.63, 3.8) is 0 Å². The highest BCUT2D eigenvalue weighted by atomic mass is 16.5. The van der Waals surface area contributed by atoms with Gasteiger partial charge in [-0.15, -0.1) is 10.2 Å². The van der Waals surface area contributed by atoms with Crippen molar-refractivity contribution < 1.29 is 14.3 Å². The van der Waals surface area contributed by atoms with E-state index in [9.17, 15) is 4.79 Å². The number of hydrogen-bond acceptors (Lipinski definition) is 5. The fourth-order valence-corrected chi connectivity index (χ4v) is 3.72. The van der Waals surface area contributed by atoms with E-state index in [0.29, 0.717) is 19.4 Å². The van der Waals surface area contributed by atoms with Crippen molar-refractivity contribution in [2.24, 2.45) is 0 Å². The van der Waals surface area contributed by atoms with E-state index in [0.717, 1.165) is 53.8 Å². The summed E-state index contributed by atoms with van der Waals surface area (Å²) in [4.78, 5) is 12.2. The predicted molar refractivity (Wildman–Crippen MR) is 119 cm³/mol. The Morgan fingerprint density at radius 2 is 1.77 bits per heavy atom. The smallest absolute Gasteiger partial charge is 0.224 e. The summed E-state index contributed by atoms with van der Waals surface area (Å²) in [5.74, 6) is 3.51. The number of amides is 1. The zero-order valence-electron chi connectivity index (χ0n) is 17.8. The zero-order valence-corrected chi connectivity index (χ0v) is 17.8. The third kappa shape index (κ3) is 5.42. The summed E-state index contributed by atoms with van der Waals surface area (Å²) in [6.45, 7) is 1.45. The molecular weight excluding hydrogens is 392 g/mol. The van der Waals surface area contributed by atoms with Gasteiger partial charge in [0.05, 0.1) is 13.7 Å². The first-order chi connectivity index (χ1) is 15.2. The number of hydrogen-bond donors (Lipinski definition) is 1. The number of carbonyl (C=O) groups excluding carboxylic acids is 1. The Bertz CT molecular complexity index is 997. The summed E-state index contributed by atoms with van der Waals surface area (Å²) in [6, 6.07) is 15.2. The van der Waals surface area contributed by atoms with Gasteiger partial charge >= 0.3 is 0 Å². The number of ether oxygens (including phenoxy) is 2. The summed E-state index contributed by atoms with van der Waals surface area (Å²) in [5, 5.41) is 11.7. The number of carbonyl (C=O) groups is 1. The van der Waals surface area contributed by atoms with Gasteiger partial charge < -0.3 is 19.4 Å². The van der Waals surface area contributed by atoms with Gasteiger partial charge in [0.25, 0.3) is 0 Å². The number of aromatic nitrogens is 3. The molecule has 0 unspecified atom stereocenters. The van der Waals surface area contributed by atoms with Crippen LogP contribution in [0.2, 0.25) is 0 Å². The largest absolute Gasteiger partial charge is 0.497 e. The lowest BCUT2D eigenvalue weighted by molar-refractivity contribution is -0.116. The van der Waals surface area contributed by atoms with E-state index in [-0.39, 0.29) is 5.91 Å². The van der Waals surface area contributed by atoms with Crippen LogP contribution in [0.1, 0.15) is 37.9 Å². The average Bonchev–Trinajstić information content (AvgIpc) is 3.05. The second kappa shape index (κ2) is 10.1. The summed E-state index contributed by atoms with van der Waals surface area (Å²) >= 11 is 0. The average molecular weight is 421 g/mol. The molecule has 0 atom stereocenters. The molecule has 2 heterocycles. The van der Waals surface area contributed by atoms with E-state index in [2.05, 4.69) is 20.1 Å². The molecule has 0 bridgehead atoms. The standard InChI is InChI=1S/C24H28N4O3/c1-30-20-12-14-21(15-13-20)31-17-5-7-23(29)25-19-10-8-18(9-11-19)24-27-26-22-6-3-2-4-16-28(22)24/h8-15H,2-7,16-17H2,1H3,(H,25,29). The Hall–Kier alpha value is -3.35. The van der Waals surface area contributed by atoms with E-state index in [1.54, 1.807) is 7.11 Å². The molecule has 0 radical (unpaired) electrons. The molecule has 0 saturated carbocycles. The van der Waals surface area contributed by atoms with Crippen LogP contribution in [0.5, 0.6) is 11.5 Å². The van der Waals surface area contributed by atoms with Crippen LogP contribution in [0, 0.1) is 0 Å². The molecule has 0 saturated heterocycles. The first-order valence-electron chi connectivity index (χ1n) is 10.8. The molecule has 2 aromatic carbocycles. The lowest BCUT2D eigenvalue weighted by atomic mass is 10.2. The summed E-state index contributed by atoms with van der Waals surface area (Å²) in [6.07, 6.45) is 5.60. The van der Waals surface area contributed by atoms with Crippen molar-refractivity contribution in [3.8, 4) is 22.9 Å². The molecule has 31 heavy (non-hydrogen) atoms. The van der Waals surface area contributed by atoms with Gasteiger partial charge in [0.2, 0.25) is 5.91 Å². The second-order valence-corrected chi connectivity index (χ2v) is 7.66. The van der Waals surface area contributed by atoms with Gasteiger partial charge in [0.1, 0.15) is 17.3 Å². The van der Waals surface area contributed by atoms with E-state index >= 15 is 0 Å². The van der Waals surface area contributed by atoms with Crippen LogP contribution in [-0.4, -0.2) is 34.4 Å². The molecular formula is C24H28N4O3. The molecule has 1 amide bonds. The third-order valence-electron chi connectivity index (χ3n) is 5.41. The summed E-state index contributed by atoms with van der Waals surface area (Å²) in [7, 11) is 1.63. The molecule has 1 N–H and O–H groups in total. The molecule has 0 aliphatic carbocycles. The van der Waals surface area contributed by atoms with Crippen molar-refractivity contribution >= 4 is 11.6 Å². The normalized spacial score (nSPS) is 13.2. The van der Waals surface area contributed by atoms with Gasteiger partial charge in [0, 0.05) is 30.6 Å². The van der Waals surface area contributed by atoms with Crippen LogP contribution in [0.15, 0.2) is 48.5 Å². The SMILES string of the molecule is COc1ccc(OCCCC(=O)Nc2ccc(-c3nnc4n3CCCCC4)cc2)cc1. The Morgan fingerprint density at radius 3 is 2.55 bits per heavy atom. The fraction of sp³-hybridized carbons (Fsp3) is 0.375. The first-order valence-corrected chi connectivity index (χ1v) is 10.8. The number of nitrogens with one attached hydrogen (secondary N) is 1. The van der Waals surface area contributed by atoms with Gasteiger partial charge in [-0.25, -0.2) is 0 Å². The minimum Gasteiger partial charge on any atom is -0.497 e. The van der Waals surface area contributed by atoms with Crippen LogP contribution in [0.25, 0.3) is 11.4 Å². The number of rotatable bonds is 8.